The summed E-state index contributed by atoms with van der Waals surface area (Å²) in [4.78, 5) is 35.8. The summed E-state index contributed by atoms with van der Waals surface area (Å²) in [5, 5.41) is 0. The van der Waals surface area contributed by atoms with Gasteiger partial charge in [0.05, 0.1) is 0 Å². The molecule has 0 fully saturated rings. The third kappa shape index (κ3) is 5.14. The number of hydrogen-bond donors (Lipinski definition) is 0. The van der Waals surface area contributed by atoms with Gasteiger partial charge >= 0.3 is 17.9 Å². The molecule has 2 atom stereocenters. The van der Waals surface area contributed by atoms with Crippen LogP contribution in [-0.2, 0) is 30.3 Å². The van der Waals surface area contributed by atoms with Crippen molar-refractivity contribution in [1.82, 2.24) is 0 Å². The van der Waals surface area contributed by atoms with Gasteiger partial charge in [0.25, 0.3) is 0 Å². The molecular weight excluding hydrogens is 408 g/mol. The van der Waals surface area contributed by atoms with Crippen LogP contribution < -0.4 is 4.74 Å². The maximum atomic E-state index is 12.2. The van der Waals surface area contributed by atoms with E-state index in [2.05, 4.69) is 13.2 Å². The Morgan fingerprint density at radius 2 is 1.50 bits per heavy atom. The largest absolute Gasteiger partial charge is 0.454 e. The lowest BCUT2D eigenvalue weighted by Gasteiger charge is -2.21. The van der Waals surface area contributed by atoms with E-state index in [1.807, 2.05) is 30.3 Å². The van der Waals surface area contributed by atoms with E-state index in [9.17, 15) is 14.4 Å². The van der Waals surface area contributed by atoms with E-state index in [1.165, 1.54) is 0 Å². The summed E-state index contributed by atoms with van der Waals surface area (Å²) in [5.74, 6) is -0.876. The van der Waals surface area contributed by atoms with Crippen LogP contribution in [0.1, 0.15) is 44.4 Å². The molecule has 0 aromatic heterocycles. The predicted octanol–water partition coefficient (Wildman–Crippen LogP) is 4.87. The number of fused-ring (bicyclic) bond motifs is 1. The van der Waals surface area contributed by atoms with Crippen molar-refractivity contribution in [2.24, 2.45) is 0 Å². The van der Waals surface area contributed by atoms with Gasteiger partial charge in [-0.1, -0.05) is 50.4 Å². The number of rotatable bonds is 7. The van der Waals surface area contributed by atoms with Crippen LogP contribution in [-0.4, -0.2) is 24.0 Å². The Hall–Kier alpha value is -3.67. The van der Waals surface area contributed by atoms with Crippen LogP contribution in [0.2, 0.25) is 0 Å². The summed E-state index contributed by atoms with van der Waals surface area (Å²) < 4.78 is 16.4. The van der Waals surface area contributed by atoms with Crippen LogP contribution in [0.25, 0.3) is 11.1 Å². The van der Waals surface area contributed by atoms with Gasteiger partial charge in [-0.15, -0.1) is 0 Å². The highest BCUT2D eigenvalue weighted by molar-refractivity contribution is 5.88. The second kappa shape index (κ2) is 9.64. The maximum Gasteiger partial charge on any atom is 0.333 e. The summed E-state index contributed by atoms with van der Waals surface area (Å²) in [5.41, 5.74) is 4.12. The minimum absolute atomic E-state index is 0.268. The molecule has 3 rings (SSSR count). The zero-order valence-corrected chi connectivity index (χ0v) is 18.5. The minimum atomic E-state index is -0.720. The molecule has 0 bridgehead atoms. The van der Waals surface area contributed by atoms with Crippen molar-refractivity contribution in [2.75, 3.05) is 0 Å². The molecule has 1 aliphatic carbocycles. The highest BCUT2D eigenvalue weighted by Gasteiger charge is 2.38. The number of carbonyl (C=O) groups is 3. The number of ether oxygens (including phenoxy) is 3. The average Bonchev–Trinajstić information content (AvgIpc) is 3.09. The molecule has 32 heavy (non-hydrogen) atoms. The highest BCUT2D eigenvalue weighted by Crippen LogP contribution is 2.39. The van der Waals surface area contributed by atoms with Crippen LogP contribution in [0.3, 0.4) is 0 Å². The lowest BCUT2D eigenvalue weighted by Crippen LogP contribution is -2.26. The lowest BCUT2D eigenvalue weighted by molar-refractivity contribution is -0.161. The third-order valence-electron chi connectivity index (χ3n) is 5.11. The fourth-order valence-electron chi connectivity index (χ4n) is 3.38. The highest BCUT2D eigenvalue weighted by atomic mass is 16.6. The summed E-state index contributed by atoms with van der Waals surface area (Å²) in [6.07, 6.45) is -0.658. The average molecular weight is 434 g/mol. The number of hydrogen-bond acceptors (Lipinski definition) is 6. The molecule has 0 spiro atoms. The first-order valence-electron chi connectivity index (χ1n) is 10.4. The maximum absolute atomic E-state index is 12.2. The van der Waals surface area contributed by atoms with E-state index in [-0.39, 0.29) is 17.1 Å². The van der Waals surface area contributed by atoms with E-state index < -0.39 is 24.1 Å². The quantitative estimate of drug-likeness (QED) is 0.351. The Kier molecular flexibility index (Phi) is 6.93. The smallest absolute Gasteiger partial charge is 0.333 e. The van der Waals surface area contributed by atoms with E-state index in [0.717, 1.165) is 22.3 Å². The second-order valence-corrected chi connectivity index (χ2v) is 7.80. The van der Waals surface area contributed by atoms with Gasteiger partial charge in [0.15, 0.2) is 6.10 Å². The fraction of sp³-hybridized carbons (Fsp3) is 0.269. The van der Waals surface area contributed by atoms with E-state index in [0.29, 0.717) is 18.6 Å². The van der Waals surface area contributed by atoms with Crippen LogP contribution in [0, 0.1) is 0 Å². The molecule has 2 unspecified atom stereocenters. The Bertz CT molecular complexity index is 1080. The Balaban J connectivity index is 1.87. The van der Waals surface area contributed by atoms with Crippen molar-refractivity contribution in [3.8, 4) is 16.9 Å². The summed E-state index contributed by atoms with van der Waals surface area (Å²) in [6, 6.07) is 13.0. The molecule has 6 nitrogen and oxygen atoms in total. The Labute approximate surface area is 187 Å². The monoisotopic (exact) mass is 434 g/mol. The molecule has 2 aromatic rings. The first-order valence-corrected chi connectivity index (χ1v) is 10.4. The van der Waals surface area contributed by atoms with Crippen LogP contribution >= 0.6 is 0 Å². The van der Waals surface area contributed by atoms with Gasteiger partial charge in [0.2, 0.25) is 0 Å². The van der Waals surface area contributed by atoms with E-state index in [4.69, 9.17) is 14.2 Å². The molecule has 0 N–H and O–H groups in total. The van der Waals surface area contributed by atoms with Gasteiger partial charge in [-0.3, -0.25) is 4.79 Å². The molecule has 1 aliphatic rings. The summed E-state index contributed by atoms with van der Waals surface area (Å²) in [6.45, 7) is 12.1. The van der Waals surface area contributed by atoms with Gasteiger partial charge in [0, 0.05) is 24.0 Å². The summed E-state index contributed by atoms with van der Waals surface area (Å²) >= 11 is 0. The van der Waals surface area contributed by atoms with Crippen molar-refractivity contribution in [2.45, 2.75) is 45.8 Å². The minimum Gasteiger partial charge on any atom is -0.454 e. The molecule has 0 saturated heterocycles. The summed E-state index contributed by atoms with van der Waals surface area (Å²) in [7, 11) is 0. The molecule has 0 heterocycles. The Morgan fingerprint density at radius 3 is 2.09 bits per heavy atom. The van der Waals surface area contributed by atoms with Crippen molar-refractivity contribution in [1.29, 1.82) is 0 Å². The van der Waals surface area contributed by atoms with Gasteiger partial charge < -0.3 is 14.2 Å². The van der Waals surface area contributed by atoms with Crippen molar-refractivity contribution >= 4 is 17.9 Å². The van der Waals surface area contributed by atoms with Gasteiger partial charge in [-0.05, 0) is 48.2 Å². The first-order chi connectivity index (χ1) is 15.2. The van der Waals surface area contributed by atoms with Crippen molar-refractivity contribution in [3.05, 3.63) is 77.9 Å². The van der Waals surface area contributed by atoms with E-state index >= 15 is 0 Å². The van der Waals surface area contributed by atoms with Gasteiger partial charge in [-0.25, -0.2) is 9.59 Å². The molecule has 0 aliphatic heterocycles. The predicted molar refractivity (Wildman–Crippen MR) is 120 cm³/mol. The standard InChI is InChI=1S/C26H26O6/c1-6-23(27)30-20-10-7-17(8-11-20)18-9-12-21-19(13-18)14-22(31-25(28)15(2)3)24(21)32-26(29)16(4)5/h7-13,22,24H,2,4,6,14H2,1,3,5H3. The fourth-order valence-corrected chi connectivity index (χ4v) is 3.38. The molecule has 0 radical (unpaired) electrons. The molecule has 166 valence electrons. The van der Waals surface area contributed by atoms with E-state index in [1.54, 1.807) is 32.9 Å². The first kappa shape index (κ1) is 23.0. The molecule has 0 saturated carbocycles. The third-order valence-corrected chi connectivity index (χ3v) is 5.11. The van der Waals surface area contributed by atoms with Crippen LogP contribution in [0.15, 0.2) is 66.8 Å². The molecule has 2 aromatic carbocycles. The van der Waals surface area contributed by atoms with Crippen molar-refractivity contribution in [3.63, 3.8) is 0 Å². The van der Waals surface area contributed by atoms with Gasteiger partial charge in [0.1, 0.15) is 11.9 Å². The number of esters is 3. The van der Waals surface area contributed by atoms with Crippen molar-refractivity contribution < 1.29 is 28.6 Å². The Morgan fingerprint density at radius 1 is 0.906 bits per heavy atom. The molecule has 0 amide bonds. The lowest BCUT2D eigenvalue weighted by atomic mass is 10.00. The second-order valence-electron chi connectivity index (χ2n) is 7.80. The zero-order chi connectivity index (χ0) is 23.4. The SMILES string of the molecule is C=C(C)C(=O)OC1Cc2cc(-c3ccc(OC(=O)CC)cc3)ccc2C1OC(=O)C(=C)C. The normalized spacial score (nSPS) is 16.6. The number of benzene rings is 2. The van der Waals surface area contributed by atoms with Crippen LogP contribution in [0.4, 0.5) is 0 Å². The zero-order valence-electron chi connectivity index (χ0n) is 18.5. The molecular formula is C26H26O6. The van der Waals surface area contributed by atoms with Gasteiger partial charge in [-0.2, -0.15) is 0 Å². The molecule has 6 heteroatoms. The number of carbonyl (C=O) groups excluding carboxylic acids is 3. The topological polar surface area (TPSA) is 78.9 Å². The van der Waals surface area contributed by atoms with Crippen LogP contribution in [0.5, 0.6) is 5.75 Å².